The van der Waals surface area contributed by atoms with Gasteiger partial charge in [-0.05, 0) is 30.7 Å². The maximum absolute atomic E-state index is 11.7. The molecule has 1 aromatic rings. The van der Waals surface area contributed by atoms with Crippen molar-refractivity contribution in [2.45, 2.75) is 12.5 Å². The predicted molar refractivity (Wildman–Crippen MR) is 83.6 cm³/mol. The first kappa shape index (κ1) is 20.7. The van der Waals surface area contributed by atoms with Gasteiger partial charge in [-0.3, -0.25) is 14.2 Å². The van der Waals surface area contributed by atoms with E-state index in [0.29, 0.717) is 0 Å². The Morgan fingerprint density at radius 2 is 1.83 bits per heavy atom. The fourth-order valence-corrected chi connectivity index (χ4v) is 2.61. The van der Waals surface area contributed by atoms with Crippen LogP contribution < -0.4 is 10.5 Å². The molecule has 0 aliphatic heterocycles. The Morgan fingerprint density at radius 3 is 2.33 bits per heavy atom. The van der Waals surface area contributed by atoms with Crippen molar-refractivity contribution in [3.05, 3.63) is 29.8 Å². The van der Waals surface area contributed by atoms with Crippen LogP contribution in [0.3, 0.4) is 0 Å². The summed E-state index contributed by atoms with van der Waals surface area (Å²) < 4.78 is 21.5. The van der Waals surface area contributed by atoms with E-state index in [0.717, 1.165) is 0 Å². The van der Waals surface area contributed by atoms with Gasteiger partial charge in [-0.25, -0.2) is 0 Å². The zero-order valence-corrected chi connectivity index (χ0v) is 14.1. The van der Waals surface area contributed by atoms with E-state index in [-0.39, 0.29) is 24.3 Å². The van der Waals surface area contributed by atoms with Gasteiger partial charge in [-0.1, -0.05) is 0 Å². The molecule has 1 aromatic carbocycles. The van der Waals surface area contributed by atoms with Gasteiger partial charge in [0.25, 0.3) is 0 Å². The molecule has 0 bridgehead atoms. The number of hydrogen-bond donors (Lipinski definition) is 5. The molecular weight excluding hydrogens is 364 g/mol. The fourth-order valence-electron chi connectivity index (χ4n) is 1.45. The van der Waals surface area contributed by atoms with Crippen LogP contribution in [0, 0.1) is 0 Å². The average Bonchev–Trinajstić information content (AvgIpc) is 2.52. The summed E-state index contributed by atoms with van der Waals surface area (Å²) in [6.45, 7) is -0.325. The number of carboxylic acids is 1. The largest absolute Gasteiger partial charge is 0.481 e. The molecule has 0 amide bonds. The van der Waals surface area contributed by atoms with Gasteiger partial charge in [-0.2, -0.15) is 0 Å². The van der Waals surface area contributed by atoms with Crippen LogP contribution in [0.15, 0.2) is 24.3 Å². The lowest BCUT2D eigenvalue weighted by Crippen LogP contribution is -2.31. The third kappa shape index (κ3) is 7.02. The van der Waals surface area contributed by atoms with Crippen LogP contribution in [-0.4, -0.2) is 50.3 Å². The van der Waals surface area contributed by atoms with Crippen molar-refractivity contribution in [2.24, 2.45) is 5.73 Å². The molecule has 6 N–H and O–H groups in total. The molecule has 1 rings (SSSR count). The SMILES string of the molecule is N[C@@H](CCOP(=O)(O)COc1ccc(C(=O)P(O)O)cc1)C(=O)O. The molecule has 0 saturated heterocycles. The third-order valence-corrected chi connectivity index (χ3v) is 4.38. The van der Waals surface area contributed by atoms with E-state index in [9.17, 15) is 19.0 Å². The van der Waals surface area contributed by atoms with E-state index in [1.165, 1.54) is 24.3 Å². The Balaban J connectivity index is 2.48. The summed E-state index contributed by atoms with van der Waals surface area (Å²) in [5.41, 5.74) is 4.46. The smallest absolute Gasteiger partial charge is 0.365 e. The lowest BCUT2D eigenvalue weighted by Gasteiger charge is -2.14. The van der Waals surface area contributed by atoms with E-state index in [4.69, 9.17) is 29.9 Å². The second-order valence-corrected chi connectivity index (χ2v) is 7.37. The summed E-state index contributed by atoms with van der Waals surface area (Å²) in [5, 5.41) is 8.57. The molecule has 24 heavy (non-hydrogen) atoms. The maximum Gasteiger partial charge on any atom is 0.365 e. The highest BCUT2D eigenvalue weighted by Gasteiger charge is 2.22. The van der Waals surface area contributed by atoms with Gasteiger partial charge in [0.2, 0.25) is 13.9 Å². The Morgan fingerprint density at radius 1 is 1.25 bits per heavy atom. The minimum Gasteiger partial charge on any atom is -0.481 e. The molecule has 12 heteroatoms. The lowest BCUT2D eigenvalue weighted by molar-refractivity contribution is -0.138. The van der Waals surface area contributed by atoms with Crippen molar-refractivity contribution in [1.82, 2.24) is 0 Å². The normalized spacial score (nSPS) is 14.9. The number of hydrogen-bond acceptors (Lipinski definition) is 8. The zero-order chi connectivity index (χ0) is 18.3. The maximum atomic E-state index is 11.7. The van der Waals surface area contributed by atoms with Gasteiger partial charge >= 0.3 is 13.6 Å². The quantitative estimate of drug-likeness (QED) is 0.358. The molecule has 0 aliphatic rings. The van der Waals surface area contributed by atoms with Crippen LogP contribution in [0.4, 0.5) is 0 Å². The van der Waals surface area contributed by atoms with E-state index < -0.39 is 39.9 Å². The number of rotatable bonds is 10. The number of ether oxygens (including phenoxy) is 1. The highest BCUT2D eigenvalue weighted by Crippen LogP contribution is 2.42. The number of benzene rings is 1. The van der Waals surface area contributed by atoms with Crippen molar-refractivity contribution in [2.75, 3.05) is 13.0 Å². The van der Waals surface area contributed by atoms with Gasteiger partial charge in [-0.15, -0.1) is 0 Å². The number of nitrogens with two attached hydrogens (primary N) is 1. The van der Waals surface area contributed by atoms with Crippen LogP contribution in [0.5, 0.6) is 5.75 Å². The minimum atomic E-state index is -4.11. The first-order valence-electron chi connectivity index (χ1n) is 6.52. The lowest BCUT2D eigenvalue weighted by atomic mass is 10.2. The first-order valence-corrected chi connectivity index (χ1v) is 9.53. The molecule has 0 radical (unpaired) electrons. The van der Waals surface area contributed by atoms with Crippen molar-refractivity contribution >= 4 is 27.5 Å². The summed E-state index contributed by atoms with van der Waals surface area (Å²) in [5.74, 6) is -1.08. The highest BCUT2D eigenvalue weighted by molar-refractivity contribution is 7.65. The Labute approximate surface area is 138 Å². The van der Waals surface area contributed by atoms with E-state index in [2.05, 4.69) is 0 Å². The van der Waals surface area contributed by atoms with E-state index in [1.807, 2.05) is 0 Å². The number of carbonyl (C=O) groups is 2. The predicted octanol–water partition coefficient (Wildman–Crippen LogP) is 0.464. The van der Waals surface area contributed by atoms with Crippen molar-refractivity contribution in [1.29, 1.82) is 0 Å². The highest BCUT2D eigenvalue weighted by atomic mass is 31.2. The summed E-state index contributed by atoms with van der Waals surface area (Å²) in [4.78, 5) is 49.0. The number of carbonyl (C=O) groups excluding carboxylic acids is 1. The van der Waals surface area contributed by atoms with Crippen LogP contribution in [0.2, 0.25) is 0 Å². The standard InChI is InChI=1S/C12H17NO9P2/c13-10(11(14)15)5-6-22-24(19,20)7-21-9-3-1-8(2-4-9)12(16)23(17)18/h1-4,10,17-18H,5-7,13H2,(H,14,15)(H,19,20)/t10-/m0/s1. The third-order valence-electron chi connectivity index (χ3n) is 2.72. The molecule has 2 atom stereocenters. The van der Waals surface area contributed by atoms with E-state index in [1.54, 1.807) is 0 Å². The van der Waals surface area contributed by atoms with Crippen LogP contribution in [0.25, 0.3) is 0 Å². The molecule has 0 saturated carbocycles. The first-order chi connectivity index (χ1) is 11.1. The van der Waals surface area contributed by atoms with Crippen LogP contribution in [-0.2, 0) is 13.9 Å². The fraction of sp³-hybridized carbons (Fsp3) is 0.333. The monoisotopic (exact) mass is 381 g/mol. The van der Waals surface area contributed by atoms with Gasteiger partial charge in [0.15, 0.2) is 6.35 Å². The van der Waals surface area contributed by atoms with Gasteiger partial charge < -0.3 is 34.8 Å². The summed E-state index contributed by atoms with van der Waals surface area (Å²) in [6, 6.07) is 3.97. The molecule has 0 aliphatic carbocycles. The molecule has 0 fully saturated rings. The van der Waals surface area contributed by atoms with Crippen LogP contribution >= 0.6 is 16.0 Å². The summed E-state index contributed by atoms with van der Waals surface area (Å²) in [6.07, 6.45) is -0.822. The Hall–Kier alpha value is -1.38. The molecule has 134 valence electrons. The van der Waals surface area contributed by atoms with Crippen molar-refractivity contribution in [3.63, 3.8) is 0 Å². The van der Waals surface area contributed by atoms with E-state index >= 15 is 0 Å². The number of carboxylic acid groups (broad SMARTS) is 1. The Bertz CT molecular complexity index is 619. The molecule has 0 aromatic heterocycles. The van der Waals surface area contributed by atoms with Gasteiger partial charge in [0.1, 0.15) is 11.8 Å². The van der Waals surface area contributed by atoms with Gasteiger partial charge in [0.05, 0.1) is 6.61 Å². The molecule has 0 heterocycles. The van der Waals surface area contributed by atoms with Crippen LogP contribution in [0.1, 0.15) is 16.8 Å². The Kier molecular flexibility index (Phi) is 7.92. The second-order valence-electron chi connectivity index (χ2n) is 4.60. The topological polar surface area (TPSA) is 177 Å². The molecule has 1 unspecified atom stereocenters. The summed E-state index contributed by atoms with van der Waals surface area (Å²) in [7, 11) is -6.83. The number of aliphatic carboxylic acids is 1. The zero-order valence-electron chi connectivity index (χ0n) is 12.3. The average molecular weight is 381 g/mol. The second kappa shape index (κ2) is 9.19. The summed E-state index contributed by atoms with van der Waals surface area (Å²) >= 11 is 0. The minimum absolute atomic E-state index is 0.0598. The molecule has 10 nitrogen and oxygen atoms in total. The van der Waals surface area contributed by atoms with Crippen molar-refractivity contribution < 1.29 is 43.2 Å². The molecule has 0 spiro atoms. The molecular formula is C12H17NO9P2. The van der Waals surface area contributed by atoms with Gasteiger partial charge in [0, 0.05) is 5.56 Å². The van der Waals surface area contributed by atoms with Crippen molar-refractivity contribution in [3.8, 4) is 5.75 Å².